The highest BCUT2D eigenvalue weighted by Crippen LogP contribution is 2.30. The van der Waals surface area contributed by atoms with Crippen molar-refractivity contribution in [2.45, 2.75) is 0 Å². The van der Waals surface area contributed by atoms with E-state index >= 15 is 0 Å². The van der Waals surface area contributed by atoms with Crippen molar-refractivity contribution >= 4 is 28.9 Å². The standard InChI is InChI=1S/C19H22ClN3O2/c1-22-9-11-23(12-10-22)18-8-7-15(20)13-17(18)21-19(24)14-25-16-5-3-2-4-6-16/h2-8,13H,9-12,14H2,1H3,(H,21,24). The van der Waals surface area contributed by atoms with Crippen molar-refractivity contribution in [3.05, 3.63) is 53.6 Å². The molecule has 1 fully saturated rings. The molecule has 1 amide bonds. The van der Waals surface area contributed by atoms with Gasteiger partial charge in [0.05, 0.1) is 11.4 Å². The number of benzene rings is 2. The van der Waals surface area contributed by atoms with Crippen LogP contribution in [0.2, 0.25) is 5.02 Å². The summed E-state index contributed by atoms with van der Waals surface area (Å²) in [6.45, 7) is 3.78. The Bertz CT molecular complexity index is 716. The molecule has 1 heterocycles. The maximum atomic E-state index is 12.3. The molecule has 132 valence electrons. The van der Waals surface area contributed by atoms with Gasteiger partial charge < -0.3 is 19.9 Å². The molecule has 1 aliphatic rings. The first-order valence-electron chi connectivity index (χ1n) is 8.32. The van der Waals surface area contributed by atoms with Crippen LogP contribution in [0, 0.1) is 0 Å². The Morgan fingerprint density at radius 2 is 1.84 bits per heavy atom. The second-order valence-electron chi connectivity index (χ2n) is 6.10. The number of amides is 1. The number of halogens is 1. The highest BCUT2D eigenvalue weighted by atomic mass is 35.5. The highest BCUT2D eigenvalue weighted by molar-refractivity contribution is 6.31. The van der Waals surface area contributed by atoms with Crippen LogP contribution < -0.4 is 15.0 Å². The third kappa shape index (κ3) is 4.87. The first-order chi connectivity index (χ1) is 12.1. The number of likely N-dealkylation sites (N-methyl/N-ethyl adjacent to an activating group) is 1. The fourth-order valence-corrected chi connectivity index (χ4v) is 2.96. The average molecular weight is 360 g/mol. The molecular formula is C19H22ClN3O2. The van der Waals surface area contributed by atoms with Gasteiger partial charge in [0.15, 0.2) is 6.61 Å². The zero-order valence-electron chi connectivity index (χ0n) is 14.2. The molecule has 0 spiro atoms. The zero-order valence-corrected chi connectivity index (χ0v) is 15.0. The summed E-state index contributed by atoms with van der Waals surface area (Å²) in [4.78, 5) is 16.8. The second kappa shape index (κ2) is 8.23. The molecule has 1 aliphatic heterocycles. The molecule has 3 rings (SSSR count). The van der Waals surface area contributed by atoms with Gasteiger partial charge in [-0.1, -0.05) is 29.8 Å². The van der Waals surface area contributed by atoms with E-state index in [0.717, 1.165) is 37.6 Å². The van der Waals surface area contributed by atoms with E-state index in [1.807, 2.05) is 42.5 Å². The van der Waals surface area contributed by atoms with Crippen molar-refractivity contribution in [2.24, 2.45) is 0 Å². The molecule has 2 aromatic rings. The van der Waals surface area contributed by atoms with E-state index < -0.39 is 0 Å². The van der Waals surface area contributed by atoms with E-state index in [9.17, 15) is 4.79 Å². The molecule has 2 aromatic carbocycles. The maximum absolute atomic E-state index is 12.3. The molecule has 1 N–H and O–H groups in total. The Labute approximate surface area is 153 Å². The SMILES string of the molecule is CN1CCN(c2ccc(Cl)cc2NC(=O)COc2ccccc2)CC1. The molecule has 0 unspecified atom stereocenters. The summed E-state index contributed by atoms with van der Waals surface area (Å²) in [5.74, 6) is 0.463. The van der Waals surface area contributed by atoms with Crippen molar-refractivity contribution in [3.8, 4) is 5.75 Å². The molecule has 6 heteroatoms. The lowest BCUT2D eigenvalue weighted by molar-refractivity contribution is -0.118. The quantitative estimate of drug-likeness (QED) is 0.891. The number of piperazine rings is 1. The summed E-state index contributed by atoms with van der Waals surface area (Å²) in [6.07, 6.45) is 0. The average Bonchev–Trinajstić information content (AvgIpc) is 2.62. The summed E-state index contributed by atoms with van der Waals surface area (Å²) >= 11 is 6.13. The van der Waals surface area contributed by atoms with Crippen LogP contribution in [-0.2, 0) is 4.79 Å². The fraction of sp³-hybridized carbons (Fsp3) is 0.316. The second-order valence-corrected chi connectivity index (χ2v) is 6.54. The topological polar surface area (TPSA) is 44.8 Å². The normalized spacial score (nSPS) is 15.0. The van der Waals surface area contributed by atoms with Gasteiger partial charge in [-0.2, -0.15) is 0 Å². The first kappa shape index (κ1) is 17.6. The number of carbonyl (C=O) groups is 1. The van der Waals surface area contributed by atoms with Crippen LogP contribution in [-0.4, -0.2) is 50.6 Å². The van der Waals surface area contributed by atoms with Gasteiger partial charge in [0, 0.05) is 31.2 Å². The number of hydrogen-bond acceptors (Lipinski definition) is 4. The largest absolute Gasteiger partial charge is 0.484 e. The van der Waals surface area contributed by atoms with E-state index in [0.29, 0.717) is 10.8 Å². The van der Waals surface area contributed by atoms with Crippen LogP contribution in [0.15, 0.2) is 48.5 Å². The Balaban J connectivity index is 1.66. The Hall–Kier alpha value is -2.24. The maximum Gasteiger partial charge on any atom is 0.262 e. The van der Waals surface area contributed by atoms with Crippen LogP contribution >= 0.6 is 11.6 Å². The summed E-state index contributed by atoms with van der Waals surface area (Å²) in [6, 6.07) is 14.9. The molecule has 0 atom stereocenters. The van der Waals surface area contributed by atoms with E-state index in [-0.39, 0.29) is 12.5 Å². The van der Waals surface area contributed by atoms with Gasteiger partial charge in [0.25, 0.3) is 5.91 Å². The third-order valence-corrected chi connectivity index (χ3v) is 4.42. The summed E-state index contributed by atoms with van der Waals surface area (Å²) in [7, 11) is 2.11. The lowest BCUT2D eigenvalue weighted by atomic mass is 10.2. The summed E-state index contributed by atoms with van der Waals surface area (Å²) < 4.78 is 5.50. The van der Waals surface area contributed by atoms with Crippen molar-refractivity contribution in [3.63, 3.8) is 0 Å². The number of nitrogens with zero attached hydrogens (tertiary/aromatic N) is 2. The Morgan fingerprint density at radius 3 is 2.56 bits per heavy atom. The number of rotatable bonds is 5. The zero-order chi connectivity index (χ0) is 17.6. The number of carbonyl (C=O) groups excluding carboxylic acids is 1. The van der Waals surface area contributed by atoms with Gasteiger partial charge >= 0.3 is 0 Å². The van der Waals surface area contributed by atoms with Crippen LogP contribution in [0.5, 0.6) is 5.75 Å². The lowest BCUT2D eigenvalue weighted by Crippen LogP contribution is -2.44. The number of para-hydroxylation sites is 1. The highest BCUT2D eigenvalue weighted by Gasteiger charge is 2.18. The van der Waals surface area contributed by atoms with Gasteiger partial charge in [-0.05, 0) is 37.4 Å². The van der Waals surface area contributed by atoms with Gasteiger partial charge in [-0.3, -0.25) is 4.79 Å². The molecule has 25 heavy (non-hydrogen) atoms. The number of anilines is 2. The van der Waals surface area contributed by atoms with Crippen molar-refractivity contribution in [2.75, 3.05) is 50.1 Å². The molecule has 5 nitrogen and oxygen atoms in total. The predicted octanol–water partition coefficient (Wildman–Crippen LogP) is 3.11. The molecular weight excluding hydrogens is 338 g/mol. The minimum Gasteiger partial charge on any atom is -0.484 e. The Kier molecular flexibility index (Phi) is 5.79. The fourth-order valence-electron chi connectivity index (χ4n) is 2.78. The van der Waals surface area contributed by atoms with Crippen molar-refractivity contribution in [1.82, 2.24) is 4.90 Å². The molecule has 0 aliphatic carbocycles. The number of nitrogens with one attached hydrogen (secondary N) is 1. The van der Waals surface area contributed by atoms with Gasteiger partial charge in [-0.25, -0.2) is 0 Å². The monoisotopic (exact) mass is 359 g/mol. The Morgan fingerprint density at radius 1 is 1.12 bits per heavy atom. The minimum atomic E-state index is -0.207. The minimum absolute atomic E-state index is 0.0430. The predicted molar refractivity (Wildman–Crippen MR) is 102 cm³/mol. The van der Waals surface area contributed by atoms with E-state index in [2.05, 4.69) is 22.2 Å². The molecule has 1 saturated heterocycles. The van der Waals surface area contributed by atoms with E-state index in [1.165, 1.54) is 0 Å². The smallest absolute Gasteiger partial charge is 0.262 e. The van der Waals surface area contributed by atoms with Gasteiger partial charge in [0.1, 0.15) is 5.75 Å². The lowest BCUT2D eigenvalue weighted by Gasteiger charge is -2.35. The molecule has 0 radical (unpaired) electrons. The van der Waals surface area contributed by atoms with Crippen LogP contribution in [0.3, 0.4) is 0 Å². The summed E-state index contributed by atoms with van der Waals surface area (Å²) in [5.41, 5.74) is 1.71. The van der Waals surface area contributed by atoms with Crippen molar-refractivity contribution < 1.29 is 9.53 Å². The number of hydrogen-bond donors (Lipinski definition) is 1. The van der Waals surface area contributed by atoms with E-state index in [4.69, 9.17) is 16.3 Å². The molecule has 0 bridgehead atoms. The van der Waals surface area contributed by atoms with E-state index in [1.54, 1.807) is 6.07 Å². The molecule has 0 saturated carbocycles. The van der Waals surface area contributed by atoms with Crippen LogP contribution in [0.25, 0.3) is 0 Å². The molecule has 0 aromatic heterocycles. The van der Waals surface area contributed by atoms with Crippen LogP contribution in [0.4, 0.5) is 11.4 Å². The summed E-state index contributed by atoms with van der Waals surface area (Å²) in [5, 5.41) is 3.52. The van der Waals surface area contributed by atoms with Gasteiger partial charge in [0.2, 0.25) is 0 Å². The number of ether oxygens (including phenoxy) is 1. The van der Waals surface area contributed by atoms with Gasteiger partial charge in [-0.15, -0.1) is 0 Å². The van der Waals surface area contributed by atoms with Crippen LogP contribution in [0.1, 0.15) is 0 Å². The third-order valence-electron chi connectivity index (χ3n) is 4.19. The first-order valence-corrected chi connectivity index (χ1v) is 8.70. The van der Waals surface area contributed by atoms with Crippen molar-refractivity contribution in [1.29, 1.82) is 0 Å².